The molecule has 1 aliphatic heterocycles. The Morgan fingerprint density at radius 2 is 2.21 bits per heavy atom. The van der Waals surface area contributed by atoms with Crippen LogP contribution in [0.3, 0.4) is 0 Å². The first-order chi connectivity index (χ1) is 8.85. The molecule has 0 bridgehead atoms. The van der Waals surface area contributed by atoms with Crippen molar-refractivity contribution in [1.29, 1.82) is 0 Å². The highest BCUT2D eigenvalue weighted by Crippen LogP contribution is 2.20. The molecule has 2 rings (SSSR count). The molecule has 1 aromatic rings. The maximum atomic E-state index is 12.0. The Morgan fingerprint density at radius 1 is 1.47 bits per heavy atom. The fraction of sp³-hybridized carbons (Fsp3) is 0.533. The van der Waals surface area contributed by atoms with Crippen molar-refractivity contribution in [3.8, 4) is 0 Å². The molecule has 1 unspecified atom stereocenters. The summed E-state index contributed by atoms with van der Waals surface area (Å²) in [6, 6.07) is 6.02. The van der Waals surface area contributed by atoms with Crippen molar-refractivity contribution < 1.29 is 9.90 Å². The summed E-state index contributed by atoms with van der Waals surface area (Å²) in [5.74, 6) is -0.0219. The number of carbonyl (C=O) groups excluding carboxylic acids is 1. The van der Waals surface area contributed by atoms with Crippen LogP contribution < -0.4 is 5.32 Å². The number of carbonyl (C=O) groups is 1. The zero-order valence-electron chi connectivity index (χ0n) is 11.9. The Morgan fingerprint density at radius 3 is 2.84 bits per heavy atom. The van der Waals surface area contributed by atoms with Crippen LogP contribution in [0, 0.1) is 13.8 Å². The van der Waals surface area contributed by atoms with Gasteiger partial charge < -0.3 is 10.4 Å². The minimum atomic E-state index is -0.653. The second kappa shape index (κ2) is 5.31. The lowest BCUT2D eigenvalue weighted by atomic mass is 10.1. The van der Waals surface area contributed by atoms with Crippen molar-refractivity contribution in [1.82, 2.24) is 4.90 Å². The smallest absolute Gasteiger partial charge is 0.238 e. The third kappa shape index (κ3) is 3.78. The predicted molar refractivity (Wildman–Crippen MR) is 76.2 cm³/mol. The Hall–Kier alpha value is -1.39. The summed E-state index contributed by atoms with van der Waals surface area (Å²) in [5, 5.41) is 12.8. The summed E-state index contributed by atoms with van der Waals surface area (Å²) in [6.07, 6.45) is 0.726. The summed E-state index contributed by atoms with van der Waals surface area (Å²) >= 11 is 0. The minimum Gasteiger partial charge on any atom is -0.389 e. The van der Waals surface area contributed by atoms with E-state index in [1.807, 2.05) is 43.9 Å². The van der Waals surface area contributed by atoms with E-state index in [2.05, 4.69) is 5.32 Å². The van der Waals surface area contributed by atoms with Crippen LogP contribution in [0.1, 0.15) is 24.5 Å². The van der Waals surface area contributed by atoms with Crippen molar-refractivity contribution in [2.45, 2.75) is 32.8 Å². The van der Waals surface area contributed by atoms with Gasteiger partial charge in [0.05, 0.1) is 12.1 Å². The molecule has 0 aliphatic carbocycles. The molecule has 0 radical (unpaired) electrons. The van der Waals surface area contributed by atoms with Crippen molar-refractivity contribution >= 4 is 11.6 Å². The number of rotatable bonds is 3. The Kier molecular flexibility index (Phi) is 3.92. The standard InChI is InChI=1S/C15H22N2O2/c1-11-4-5-12(2)13(8-11)16-14(18)9-17-7-6-15(3,19)10-17/h4-5,8,19H,6-7,9-10H2,1-3H3,(H,16,18). The van der Waals surface area contributed by atoms with Gasteiger partial charge in [-0.15, -0.1) is 0 Å². The number of amides is 1. The van der Waals surface area contributed by atoms with Crippen LogP contribution in [0.15, 0.2) is 18.2 Å². The Balaban J connectivity index is 1.93. The number of nitrogens with zero attached hydrogens (tertiary/aromatic N) is 1. The minimum absolute atomic E-state index is 0.0219. The second-order valence-corrected chi connectivity index (χ2v) is 5.82. The topological polar surface area (TPSA) is 52.6 Å². The molecular weight excluding hydrogens is 240 g/mol. The number of aliphatic hydroxyl groups is 1. The molecule has 1 heterocycles. The van der Waals surface area contributed by atoms with Crippen LogP contribution in [0.4, 0.5) is 5.69 Å². The van der Waals surface area contributed by atoms with Gasteiger partial charge >= 0.3 is 0 Å². The Bertz CT molecular complexity index is 483. The van der Waals surface area contributed by atoms with Gasteiger partial charge in [-0.25, -0.2) is 0 Å². The fourth-order valence-electron chi connectivity index (χ4n) is 2.44. The molecule has 0 aromatic heterocycles. The summed E-state index contributed by atoms with van der Waals surface area (Å²) < 4.78 is 0. The number of anilines is 1. The van der Waals surface area contributed by atoms with Gasteiger partial charge in [-0.2, -0.15) is 0 Å². The van der Waals surface area contributed by atoms with Crippen molar-refractivity contribution in [2.75, 3.05) is 25.0 Å². The van der Waals surface area contributed by atoms with Crippen LogP contribution in [0.25, 0.3) is 0 Å². The van der Waals surface area contributed by atoms with Gasteiger partial charge in [0.2, 0.25) is 5.91 Å². The monoisotopic (exact) mass is 262 g/mol. The van der Waals surface area contributed by atoms with E-state index in [9.17, 15) is 9.90 Å². The normalized spacial score (nSPS) is 23.6. The van der Waals surface area contributed by atoms with E-state index in [-0.39, 0.29) is 5.91 Å². The summed E-state index contributed by atoms with van der Waals surface area (Å²) in [4.78, 5) is 14.0. The second-order valence-electron chi connectivity index (χ2n) is 5.82. The number of hydrogen-bond acceptors (Lipinski definition) is 3. The molecule has 0 spiro atoms. The van der Waals surface area contributed by atoms with Crippen LogP contribution in [0.2, 0.25) is 0 Å². The number of β-amino-alcohol motifs (C(OH)–C–C–N with tert-alkyl or cyclic N) is 1. The highest BCUT2D eigenvalue weighted by molar-refractivity contribution is 5.93. The lowest BCUT2D eigenvalue weighted by Crippen LogP contribution is -2.35. The molecule has 4 nitrogen and oxygen atoms in total. The van der Waals surface area contributed by atoms with Gasteiger partial charge in [0.1, 0.15) is 0 Å². The van der Waals surface area contributed by atoms with Gasteiger partial charge in [0.25, 0.3) is 0 Å². The first-order valence-corrected chi connectivity index (χ1v) is 6.68. The molecule has 1 saturated heterocycles. The molecule has 104 valence electrons. The van der Waals surface area contributed by atoms with E-state index >= 15 is 0 Å². The summed E-state index contributed by atoms with van der Waals surface area (Å²) in [7, 11) is 0. The van der Waals surface area contributed by atoms with E-state index in [4.69, 9.17) is 0 Å². The maximum Gasteiger partial charge on any atom is 0.238 e. The SMILES string of the molecule is Cc1ccc(C)c(NC(=O)CN2CCC(C)(O)C2)c1. The number of benzene rings is 1. The average molecular weight is 262 g/mol. The van der Waals surface area contributed by atoms with Gasteiger partial charge in [0.15, 0.2) is 0 Å². The molecule has 4 heteroatoms. The van der Waals surface area contributed by atoms with Crippen LogP contribution in [-0.4, -0.2) is 41.1 Å². The van der Waals surface area contributed by atoms with E-state index in [0.717, 1.165) is 29.8 Å². The van der Waals surface area contributed by atoms with Gasteiger partial charge in [-0.05, 0) is 44.4 Å². The van der Waals surface area contributed by atoms with Crippen molar-refractivity contribution in [3.05, 3.63) is 29.3 Å². The first kappa shape index (κ1) is 14.0. The quantitative estimate of drug-likeness (QED) is 0.871. The maximum absolute atomic E-state index is 12.0. The zero-order chi connectivity index (χ0) is 14.0. The highest BCUT2D eigenvalue weighted by atomic mass is 16.3. The molecule has 19 heavy (non-hydrogen) atoms. The van der Waals surface area contributed by atoms with Crippen molar-refractivity contribution in [3.63, 3.8) is 0 Å². The van der Waals surface area contributed by atoms with E-state index in [0.29, 0.717) is 13.1 Å². The molecule has 1 fully saturated rings. The predicted octanol–water partition coefficient (Wildman–Crippen LogP) is 1.70. The summed E-state index contributed by atoms with van der Waals surface area (Å²) in [5.41, 5.74) is 2.41. The number of hydrogen-bond donors (Lipinski definition) is 2. The van der Waals surface area contributed by atoms with Gasteiger partial charge in [0, 0.05) is 18.8 Å². The van der Waals surface area contributed by atoms with Crippen LogP contribution >= 0.6 is 0 Å². The first-order valence-electron chi connectivity index (χ1n) is 6.68. The Labute approximate surface area is 114 Å². The van der Waals surface area contributed by atoms with E-state index < -0.39 is 5.60 Å². The van der Waals surface area contributed by atoms with Gasteiger partial charge in [-0.3, -0.25) is 9.69 Å². The molecular formula is C15H22N2O2. The van der Waals surface area contributed by atoms with Gasteiger partial charge in [-0.1, -0.05) is 12.1 Å². The molecule has 1 aromatic carbocycles. The van der Waals surface area contributed by atoms with Crippen LogP contribution in [0.5, 0.6) is 0 Å². The third-order valence-corrected chi connectivity index (χ3v) is 3.57. The fourth-order valence-corrected chi connectivity index (χ4v) is 2.44. The molecule has 1 atom stereocenters. The number of likely N-dealkylation sites (tertiary alicyclic amines) is 1. The van der Waals surface area contributed by atoms with Crippen LogP contribution in [-0.2, 0) is 4.79 Å². The average Bonchev–Trinajstić information content (AvgIpc) is 2.63. The summed E-state index contributed by atoms with van der Waals surface area (Å²) in [6.45, 7) is 7.47. The molecule has 1 aliphatic rings. The lowest BCUT2D eigenvalue weighted by molar-refractivity contribution is -0.117. The number of aryl methyl sites for hydroxylation is 2. The van der Waals surface area contributed by atoms with Crippen molar-refractivity contribution in [2.24, 2.45) is 0 Å². The molecule has 0 saturated carbocycles. The van der Waals surface area contributed by atoms with E-state index in [1.54, 1.807) is 0 Å². The lowest BCUT2D eigenvalue weighted by Gasteiger charge is -2.18. The third-order valence-electron chi connectivity index (χ3n) is 3.57. The molecule has 1 amide bonds. The van der Waals surface area contributed by atoms with E-state index in [1.165, 1.54) is 0 Å². The zero-order valence-corrected chi connectivity index (χ0v) is 11.9. The largest absolute Gasteiger partial charge is 0.389 e. The highest BCUT2D eigenvalue weighted by Gasteiger charge is 2.31. The number of nitrogens with one attached hydrogen (secondary N) is 1. The molecule has 2 N–H and O–H groups in total.